The summed E-state index contributed by atoms with van der Waals surface area (Å²) in [6.45, 7) is 13.1. The number of hydrogen-bond donors (Lipinski definition) is 2. The molecular formula is C19H32O4Si. The number of ether oxygens (including phenoxy) is 1. The fourth-order valence-electron chi connectivity index (χ4n) is 1.91. The predicted molar refractivity (Wildman–Crippen MR) is 100 cm³/mol. The number of benzene rings is 1. The standard InChI is InChI=1S/C19H32O4Si/c1-15(23-24(5,6)19(2,3)4)12-17(20)18(21)14-22-13-16-10-8-7-9-11-16/h7-12,17-18,20-21H,13-14H2,1-6H3/b15-12+/t17-,18-/m1/s1. The molecule has 0 aliphatic rings. The maximum absolute atomic E-state index is 10.1. The van der Waals surface area contributed by atoms with Crippen molar-refractivity contribution in [3.63, 3.8) is 0 Å². The van der Waals surface area contributed by atoms with Crippen molar-refractivity contribution in [2.24, 2.45) is 0 Å². The summed E-state index contributed by atoms with van der Waals surface area (Å²) < 4.78 is 11.6. The van der Waals surface area contributed by atoms with Gasteiger partial charge in [0.25, 0.3) is 0 Å². The normalized spacial score (nSPS) is 15.9. The van der Waals surface area contributed by atoms with Crippen molar-refractivity contribution in [3.8, 4) is 0 Å². The second kappa shape index (κ2) is 8.81. The van der Waals surface area contributed by atoms with Gasteiger partial charge in [-0.2, -0.15) is 0 Å². The van der Waals surface area contributed by atoms with Gasteiger partial charge in [0, 0.05) is 0 Å². The first-order chi connectivity index (χ1) is 11.0. The third kappa shape index (κ3) is 6.77. The van der Waals surface area contributed by atoms with Crippen molar-refractivity contribution >= 4 is 8.32 Å². The van der Waals surface area contributed by atoms with Crippen LogP contribution in [0.5, 0.6) is 0 Å². The van der Waals surface area contributed by atoms with Crippen LogP contribution < -0.4 is 0 Å². The van der Waals surface area contributed by atoms with Gasteiger partial charge in [0.1, 0.15) is 12.2 Å². The number of aliphatic hydroxyl groups excluding tert-OH is 2. The van der Waals surface area contributed by atoms with Gasteiger partial charge in [0.2, 0.25) is 8.32 Å². The van der Waals surface area contributed by atoms with Gasteiger partial charge in [0.15, 0.2) is 0 Å². The zero-order valence-corrected chi connectivity index (χ0v) is 16.7. The molecule has 0 aromatic heterocycles. The summed E-state index contributed by atoms with van der Waals surface area (Å²) in [5.41, 5.74) is 1.03. The molecule has 0 unspecified atom stereocenters. The van der Waals surface area contributed by atoms with Crippen LogP contribution in [0.25, 0.3) is 0 Å². The molecule has 0 radical (unpaired) electrons. The van der Waals surface area contributed by atoms with Gasteiger partial charge in [-0.05, 0) is 36.7 Å². The van der Waals surface area contributed by atoms with E-state index >= 15 is 0 Å². The van der Waals surface area contributed by atoms with Gasteiger partial charge in [-0.3, -0.25) is 0 Å². The Bertz CT molecular complexity index is 520. The van der Waals surface area contributed by atoms with E-state index in [9.17, 15) is 10.2 Å². The highest BCUT2D eigenvalue weighted by Crippen LogP contribution is 2.37. The molecule has 24 heavy (non-hydrogen) atoms. The van der Waals surface area contributed by atoms with Crippen molar-refractivity contribution < 1.29 is 19.4 Å². The van der Waals surface area contributed by atoms with E-state index in [4.69, 9.17) is 9.16 Å². The molecule has 5 heteroatoms. The highest BCUT2D eigenvalue weighted by atomic mass is 28.4. The summed E-state index contributed by atoms with van der Waals surface area (Å²) in [5, 5.41) is 20.2. The van der Waals surface area contributed by atoms with Gasteiger partial charge in [-0.25, -0.2) is 0 Å². The third-order valence-electron chi connectivity index (χ3n) is 4.42. The maximum atomic E-state index is 10.1. The molecule has 136 valence electrons. The Hall–Kier alpha value is -1.14. The highest BCUT2D eigenvalue weighted by Gasteiger charge is 2.39. The molecule has 1 aromatic carbocycles. The zero-order chi connectivity index (χ0) is 18.4. The Morgan fingerprint density at radius 1 is 1.17 bits per heavy atom. The first-order valence-electron chi connectivity index (χ1n) is 8.38. The van der Waals surface area contributed by atoms with Gasteiger partial charge in [-0.1, -0.05) is 51.1 Å². The zero-order valence-electron chi connectivity index (χ0n) is 15.7. The highest BCUT2D eigenvalue weighted by molar-refractivity contribution is 6.74. The molecule has 0 saturated carbocycles. The minimum Gasteiger partial charge on any atom is -0.547 e. The molecule has 0 aliphatic carbocycles. The summed E-state index contributed by atoms with van der Waals surface area (Å²) in [4.78, 5) is 0. The van der Waals surface area contributed by atoms with E-state index in [1.165, 1.54) is 0 Å². The summed E-state index contributed by atoms with van der Waals surface area (Å²) >= 11 is 0. The van der Waals surface area contributed by atoms with E-state index in [0.29, 0.717) is 12.4 Å². The van der Waals surface area contributed by atoms with Crippen LogP contribution >= 0.6 is 0 Å². The molecule has 0 spiro atoms. The Morgan fingerprint density at radius 2 is 1.75 bits per heavy atom. The fraction of sp³-hybridized carbons (Fsp3) is 0.579. The first kappa shape index (κ1) is 20.9. The Balaban J connectivity index is 2.48. The fourth-order valence-corrected chi connectivity index (χ4v) is 3.09. The second-order valence-corrected chi connectivity index (χ2v) is 12.4. The van der Waals surface area contributed by atoms with Crippen LogP contribution in [-0.4, -0.2) is 37.3 Å². The van der Waals surface area contributed by atoms with Crippen LogP contribution in [0, 0.1) is 0 Å². The third-order valence-corrected chi connectivity index (χ3v) is 8.87. The van der Waals surface area contributed by atoms with Gasteiger partial charge in [0.05, 0.1) is 19.0 Å². The Labute approximate surface area is 147 Å². The Kier molecular flexibility index (Phi) is 7.67. The van der Waals surface area contributed by atoms with Crippen LogP contribution in [-0.2, 0) is 15.8 Å². The number of aliphatic hydroxyl groups is 2. The average Bonchev–Trinajstić information content (AvgIpc) is 2.46. The lowest BCUT2D eigenvalue weighted by Crippen LogP contribution is -2.40. The summed E-state index contributed by atoms with van der Waals surface area (Å²) in [5.74, 6) is 0.649. The SMILES string of the molecule is C/C(=C\[C@@H](O)[C@H](O)COCc1ccccc1)O[Si](C)(C)C(C)(C)C. The number of rotatable bonds is 8. The largest absolute Gasteiger partial charge is 0.547 e. The lowest BCUT2D eigenvalue weighted by molar-refractivity contribution is -0.0256. The van der Waals surface area contributed by atoms with Crippen LogP contribution in [0.2, 0.25) is 18.1 Å². The minimum atomic E-state index is -1.93. The second-order valence-electron chi connectivity index (χ2n) is 7.70. The first-order valence-corrected chi connectivity index (χ1v) is 11.3. The molecule has 2 atom stereocenters. The van der Waals surface area contributed by atoms with Crippen molar-refractivity contribution in [1.29, 1.82) is 0 Å². The molecule has 0 fully saturated rings. The van der Waals surface area contributed by atoms with Gasteiger partial charge >= 0.3 is 0 Å². The Morgan fingerprint density at radius 3 is 2.29 bits per heavy atom. The van der Waals surface area contributed by atoms with E-state index in [0.717, 1.165) is 5.56 Å². The van der Waals surface area contributed by atoms with Gasteiger partial charge in [-0.15, -0.1) is 0 Å². The lowest BCUT2D eigenvalue weighted by Gasteiger charge is -2.37. The van der Waals surface area contributed by atoms with Crippen LogP contribution in [0.4, 0.5) is 0 Å². The molecule has 4 nitrogen and oxygen atoms in total. The van der Waals surface area contributed by atoms with Crippen molar-refractivity contribution in [3.05, 3.63) is 47.7 Å². The van der Waals surface area contributed by atoms with E-state index in [1.807, 2.05) is 37.3 Å². The molecule has 0 heterocycles. The quantitative estimate of drug-likeness (QED) is 0.551. The topological polar surface area (TPSA) is 58.9 Å². The molecule has 1 aromatic rings. The van der Waals surface area contributed by atoms with Crippen LogP contribution in [0.3, 0.4) is 0 Å². The van der Waals surface area contributed by atoms with Crippen molar-refractivity contribution in [1.82, 2.24) is 0 Å². The molecule has 0 aliphatic heterocycles. The predicted octanol–water partition coefficient (Wildman–Crippen LogP) is 3.85. The van der Waals surface area contributed by atoms with Crippen molar-refractivity contribution in [2.75, 3.05) is 6.61 Å². The summed E-state index contributed by atoms with van der Waals surface area (Å²) in [6.07, 6.45) is -0.422. The minimum absolute atomic E-state index is 0.0694. The van der Waals surface area contributed by atoms with E-state index < -0.39 is 20.5 Å². The van der Waals surface area contributed by atoms with E-state index in [2.05, 4.69) is 33.9 Å². The molecule has 1 rings (SSSR count). The molecular weight excluding hydrogens is 320 g/mol. The average molecular weight is 353 g/mol. The van der Waals surface area contributed by atoms with Crippen LogP contribution in [0.15, 0.2) is 42.2 Å². The molecule has 0 saturated heterocycles. The maximum Gasteiger partial charge on any atom is 0.250 e. The number of hydrogen-bond acceptors (Lipinski definition) is 4. The number of allylic oxidation sites excluding steroid dienone is 1. The molecule has 2 N–H and O–H groups in total. The van der Waals surface area contributed by atoms with Gasteiger partial charge < -0.3 is 19.4 Å². The van der Waals surface area contributed by atoms with Crippen molar-refractivity contribution in [2.45, 2.75) is 64.6 Å². The monoisotopic (exact) mass is 352 g/mol. The lowest BCUT2D eigenvalue weighted by atomic mass is 10.2. The summed E-state index contributed by atoms with van der Waals surface area (Å²) in [7, 11) is -1.93. The molecule has 0 bridgehead atoms. The summed E-state index contributed by atoms with van der Waals surface area (Å²) in [6, 6.07) is 9.74. The van der Waals surface area contributed by atoms with E-state index in [1.54, 1.807) is 6.08 Å². The molecule has 0 amide bonds. The van der Waals surface area contributed by atoms with E-state index in [-0.39, 0.29) is 11.6 Å². The smallest absolute Gasteiger partial charge is 0.250 e. The van der Waals surface area contributed by atoms with Crippen LogP contribution in [0.1, 0.15) is 33.3 Å².